The lowest BCUT2D eigenvalue weighted by Gasteiger charge is -2.37. The Morgan fingerprint density at radius 1 is 1.44 bits per heavy atom. The number of aromatic nitrogens is 2. The van der Waals surface area contributed by atoms with Gasteiger partial charge in [-0.05, 0) is 38.1 Å². The molecule has 2 unspecified atom stereocenters. The maximum atomic E-state index is 15.9. The summed E-state index contributed by atoms with van der Waals surface area (Å²) in [7, 11) is 0. The molecule has 174 valence electrons. The van der Waals surface area contributed by atoms with Crippen LogP contribution in [-0.2, 0) is 20.9 Å². The van der Waals surface area contributed by atoms with Gasteiger partial charge in [0.1, 0.15) is 10.9 Å². The van der Waals surface area contributed by atoms with E-state index in [1.165, 1.54) is 6.33 Å². The minimum atomic E-state index is -1.50. The molecule has 1 heterocycles. The third-order valence-electron chi connectivity index (χ3n) is 5.14. The Morgan fingerprint density at radius 3 is 2.91 bits per heavy atom. The SMILES string of the molecule is CCOCCn1cnc2c1=CC(C(=O)NOCCO)C(C)(Nc1ccc(Br)cc1Cl)C=2F. The molecule has 0 saturated carbocycles. The average molecular weight is 532 g/mol. The molecule has 0 saturated heterocycles. The predicted octanol–water partition coefficient (Wildman–Crippen LogP) is 1.73. The van der Waals surface area contributed by atoms with Crippen molar-refractivity contribution in [1.82, 2.24) is 15.0 Å². The fraction of sp³-hybridized carbons (Fsp3) is 0.429. The summed E-state index contributed by atoms with van der Waals surface area (Å²) in [4.78, 5) is 22.2. The average Bonchev–Trinajstić information content (AvgIpc) is 3.16. The van der Waals surface area contributed by atoms with Gasteiger partial charge in [0.05, 0.1) is 48.1 Å². The number of benzene rings is 1. The highest BCUT2D eigenvalue weighted by atomic mass is 79.9. The van der Waals surface area contributed by atoms with Crippen molar-refractivity contribution in [3.63, 3.8) is 0 Å². The molecule has 1 aromatic carbocycles. The Kier molecular flexibility index (Phi) is 8.29. The zero-order valence-electron chi connectivity index (χ0n) is 17.7. The quantitative estimate of drug-likeness (QED) is 0.319. The summed E-state index contributed by atoms with van der Waals surface area (Å²) >= 11 is 9.69. The van der Waals surface area contributed by atoms with Gasteiger partial charge in [0.25, 0.3) is 5.91 Å². The zero-order valence-corrected chi connectivity index (χ0v) is 20.0. The van der Waals surface area contributed by atoms with Crippen LogP contribution in [-0.4, -0.2) is 52.5 Å². The standard InChI is InChI=1S/C21H25BrClFN4O4/c1-3-31-8-6-28-12-25-18-17(28)11-14(20(30)27-32-9-7-29)21(2,19(18)24)26-16-5-4-13(22)10-15(16)23/h4-5,10-12,14,26,29H,3,6-9H2,1-2H3,(H,27,30). The van der Waals surface area contributed by atoms with E-state index in [-0.39, 0.29) is 18.6 Å². The number of hydroxylamine groups is 1. The molecule has 0 aliphatic heterocycles. The number of rotatable bonds is 10. The number of carbonyl (C=O) groups excluding carboxylic acids is 1. The molecule has 1 aliphatic carbocycles. The van der Waals surface area contributed by atoms with Crippen LogP contribution in [0.1, 0.15) is 13.8 Å². The maximum Gasteiger partial charge on any atom is 0.253 e. The fourth-order valence-electron chi connectivity index (χ4n) is 3.50. The van der Waals surface area contributed by atoms with E-state index >= 15 is 4.39 Å². The molecular formula is C21H25BrClFN4O4. The largest absolute Gasteiger partial charge is 0.394 e. The molecule has 2 aromatic rings. The number of carbonyl (C=O) groups is 1. The van der Waals surface area contributed by atoms with Gasteiger partial charge >= 0.3 is 0 Å². The molecular weight excluding hydrogens is 507 g/mol. The number of aliphatic hydroxyl groups excluding tert-OH is 1. The van der Waals surface area contributed by atoms with Crippen molar-refractivity contribution in [3.05, 3.63) is 44.7 Å². The van der Waals surface area contributed by atoms with Crippen molar-refractivity contribution in [3.8, 4) is 0 Å². The lowest BCUT2D eigenvalue weighted by atomic mass is 9.80. The van der Waals surface area contributed by atoms with E-state index in [4.69, 9.17) is 26.3 Å². The summed E-state index contributed by atoms with van der Waals surface area (Å²) in [5.74, 6) is -2.21. The third-order valence-corrected chi connectivity index (χ3v) is 5.95. The van der Waals surface area contributed by atoms with E-state index in [0.717, 1.165) is 4.47 Å². The second kappa shape index (κ2) is 10.8. The van der Waals surface area contributed by atoms with Crippen molar-refractivity contribution in [2.45, 2.75) is 25.9 Å². The number of nitrogens with zero attached hydrogens (tertiary/aromatic N) is 2. The number of hydrogen-bond donors (Lipinski definition) is 3. The molecule has 1 amide bonds. The first kappa shape index (κ1) is 24.7. The van der Waals surface area contributed by atoms with Crippen LogP contribution < -0.4 is 21.5 Å². The van der Waals surface area contributed by atoms with Crippen LogP contribution in [0.15, 0.2) is 29.0 Å². The monoisotopic (exact) mass is 530 g/mol. The van der Waals surface area contributed by atoms with E-state index in [0.29, 0.717) is 35.8 Å². The van der Waals surface area contributed by atoms with Crippen LogP contribution in [0.5, 0.6) is 0 Å². The molecule has 2 atom stereocenters. The van der Waals surface area contributed by atoms with E-state index in [2.05, 4.69) is 31.7 Å². The number of imidazole rings is 1. The summed E-state index contributed by atoms with van der Waals surface area (Å²) in [6, 6.07) is 5.12. The molecule has 1 aliphatic rings. The number of ether oxygens (including phenoxy) is 1. The minimum Gasteiger partial charge on any atom is -0.394 e. The minimum absolute atomic E-state index is 0.0924. The summed E-state index contributed by atoms with van der Waals surface area (Å²) in [5.41, 5.74) is 1.24. The molecule has 3 N–H and O–H groups in total. The first-order valence-corrected chi connectivity index (χ1v) is 11.3. The maximum absolute atomic E-state index is 15.9. The highest BCUT2D eigenvalue weighted by Crippen LogP contribution is 2.37. The highest BCUT2D eigenvalue weighted by molar-refractivity contribution is 9.10. The van der Waals surface area contributed by atoms with Gasteiger partial charge in [0, 0.05) is 17.6 Å². The summed E-state index contributed by atoms with van der Waals surface area (Å²) in [6.45, 7) is 4.53. The van der Waals surface area contributed by atoms with Crippen LogP contribution in [0.4, 0.5) is 10.1 Å². The number of hydrogen-bond acceptors (Lipinski definition) is 6. The Hall–Kier alpha value is -1.98. The van der Waals surface area contributed by atoms with Gasteiger partial charge in [0.15, 0.2) is 5.83 Å². The summed E-state index contributed by atoms with van der Waals surface area (Å²) in [6.07, 6.45) is 3.17. The lowest BCUT2D eigenvalue weighted by molar-refractivity contribution is -0.137. The Morgan fingerprint density at radius 2 is 2.22 bits per heavy atom. The molecule has 0 fully saturated rings. The van der Waals surface area contributed by atoms with Crippen LogP contribution >= 0.6 is 27.5 Å². The molecule has 0 spiro atoms. The number of aliphatic hydroxyl groups is 1. The van der Waals surface area contributed by atoms with E-state index < -0.39 is 23.2 Å². The Bertz CT molecular complexity index is 1100. The topological polar surface area (TPSA) is 97.6 Å². The summed E-state index contributed by atoms with van der Waals surface area (Å²) < 4.78 is 23.8. The normalized spacial score (nSPS) is 19.9. The van der Waals surface area contributed by atoms with Crippen molar-refractivity contribution in [2.24, 2.45) is 5.92 Å². The number of fused-ring (bicyclic) bond motifs is 1. The van der Waals surface area contributed by atoms with Gasteiger partial charge in [-0.3, -0.25) is 9.63 Å². The lowest BCUT2D eigenvalue weighted by Crippen LogP contribution is -2.56. The van der Waals surface area contributed by atoms with Gasteiger partial charge in [-0.25, -0.2) is 14.9 Å². The molecule has 32 heavy (non-hydrogen) atoms. The Labute approximate surface area is 198 Å². The molecule has 0 radical (unpaired) electrons. The molecule has 8 nitrogen and oxygen atoms in total. The number of anilines is 1. The van der Waals surface area contributed by atoms with Gasteiger partial charge in [-0.15, -0.1) is 0 Å². The van der Waals surface area contributed by atoms with Gasteiger partial charge in [-0.2, -0.15) is 0 Å². The van der Waals surface area contributed by atoms with Gasteiger partial charge in [-0.1, -0.05) is 27.5 Å². The van der Waals surface area contributed by atoms with Crippen LogP contribution in [0.25, 0.3) is 11.9 Å². The van der Waals surface area contributed by atoms with E-state index in [1.807, 2.05) is 6.92 Å². The van der Waals surface area contributed by atoms with Gasteiger partial charge in [0.2, 0.25) is 0 Å². The van der Waals surface area contributed by atoms with Crippen molar-refractivity contribution in [1.29, 1.82) is 0 Å². The van der Waals surface area contributed by atoms with E-state index in [1.54, 1.807) is 35.8 Å². The third kappa shape index (κ3) is 5.15. The number of amides is 1. The predicted molar refractivity (Wildman–Crippen MR) is 123 cm³/mol. The fourth-order valence-corrected chi connectivity index (χ4v) is 4.22. The van der Waals surface area contributed by atoms with Crippen molar-refractivity contribution in [2.75, 3.05) is 31.7 Å². The summed E-state index contributed by atoms with van der Waals surface area (Å²) in [5, 5.41) is 13.0. The van der Waals surface area contributed by atoms with Crippen LogP contribution in [0, 0.1) is 5.92 Å². The molecule has 3 rings (SSSR count). The first-order valence-electron chi connectivity index (χ1n) is 10.1. The van der Waals surface area contributed by atoms with Crippen LogP contribution in [0.3, 0.4) is 0 Å². The van der Waals surface area contributed by atoms with Crippen LogP contribution in [0.2, 0.25) is 5.02 Å². The molecule has 1 aromatic heterocycles. The van der Waals surface area contributed by atoms with E-state index in [9.17, 15) is 4.79 Å². The first-order chi connectivity index (χ1) is 15.3. The highest BCUT2D eigenvalue weighted by Gasteiger charge is 2.45. The second-order valence-corrected chi connectivity index (χ2v) is 8.64. The molecule has 11 heteroatoms. The van der Waals surface area contributed by atoms with Crippen molar-refractivity contribution < 1.29 is 23.9 Å². The second-order valence-electron chi connectivity index (χ2n) is 7.32. The molecule has 0 bridgehead atoms. The van der Waals surface area contributed by atoms with Crippen molar-refractivity contribution >= 4 is 51.0 Å². The van der Waals surface area contributed by atoms with Gasteiger partial charge < -0.3 is 19.7 Å². The number of nitrogens with one attached hydrogen (secondary N) is 2. The Balaban J connectivity index is 2.06. The number of halogens is 3. The smallest absolute Gasteiger partial charge is 0.253 e. The zero-order chi connectivity index (χ0) is 23.3.